The van der Waals surface area contributed by atoms with Gasteiger partial charge in [-0.25, -0.2) is 18.1 Å². The molecule has 0 aliphatic heterocycles. The molecule has 1 unspecified atom stereocenters. The van der Waals surface area contributed by atoms with Gasteiger partial charge in [0.1, 0.15) is 21.2 Å². The fraction of sp³-hybridized carbons (Fsp3) is 0.692. The molecule has 1 atom stereocenters. The van der Waals surface area contributed by atoms with Crippen LogP contribution in [0.25, 0.3) is 11.2 Å². The van der Waals surface area contributed by atoms with Crippen molar-refractivity contribution in [2.45, 2.75) is 45.7 Å². The third kappa shape index (κ3) is 3.40. The Balaban J connectivity index is 2.45. The molecule has 2 heterocycles. The van der Waals surface area contributed by atoms with Crippen LogP contribution in [0.1, 0.15) is 37.2 Å². The molecule has 0 N–H and O–H groups in total. The average Bonchev–Trinajstić information content (AvgIpc) is 2.87. The smallest absolute Gasteiger partial charge is 0.158 e. The highest BCUT2D eigenvalue weighted by Crippen LogP contribution is 2.26. The highest BCUT2D eigenvalue weighted by atomic mass is 35.5. The summed E-state index contributed by atoms with van der Waals surface area (Å²) in [6, 6.07) is 0. The Labute approximate surface area is 130 Å². The Kier molecular flexibility index (Phi) is 4.63. The third-order valence-electron chi connectivity index (χ3n) is 3.38. The van der Waals surface area contributed by atoms with Gasteiger partial charge in [0.05, 0.1) is 16.8 Å². The topological polar surface area (TPSA) is 69.8 Å². The van der Waals surface area contributed by atoms with Crippen LogP contribution in [0, 0.1) is 6.92 Å². The number of alkyl halides is 1. The Bertz CT molecular complexity index is 746. The van der Waals surface area contributed by atoms with E-state index in [1.165, 1.54) is 6.26 Å². The van der Waals surface area contributed by atoms with Crippen molar-refractivity contribution < 1.29 is 8.42 Å². The van der Waals surface area contributed by atoms with Gasteiger partial charge in [-0.2, -0.15) is 5.10 Å². The number of hydrogen-bond acceptors (Lipinski definition) is 4. The van der Waals surface area contributed by atoms with Crippen molar-refractivity contribution in [2.75, 3.05) is 12.0 Å². The zero-order chi connectivity index (χ0) is 15.8. The number of imidazole rings is 1. The molecular formula is C13H21ClN4O2S. The summed E-state index contributed by atoms with van der Waals surface area (Å²) in [7, 11) is -2.96. The number of aryl methyl sites for hydroxylation is 3. The van der Waals surface area contributed by atoms with E-state index in [0.29, 0.717) is 13.0 Å². The lowest BCUT2D eigenvalue weighted by molar-refractivity contribution is 0.581. The number of nitrogens with zero attached hydrogens (tertiary/aromatic N) is 4. The SMILES string of the molecule is CCn1nc(C)c2nc(C(C)Cl)n(CCCS(C)(=O)=O)c21. The van der Waals surface area contributed by atoms with Crippen LogP contribution in [0.3, 0.4) is 0 Å². The van der Waals surface area contributed by atoms with Crippen LogP contribution in [0.5, 0.6) is 0 Å². The van der Waals surface area contributed by atoms with Gasteiger partial charge in [0.15, 0.2) is 5.65 Å². The van der Waals surface area contributed by atoms with Crippen molar-refractivity contribution in [2.24, 2.45) is 0 Å². The first-order valence-electron chi connectivity index (χ1n) is 7.00. The number of sulfone groups is 1. The zero-order valence-electron chi connectivity index (χ0n) is 12.8. The molecule has 0 aromatic carbocycles. The van der Waals surface area contributed by atoms with Crippen molar-refractivity contribution >= 4 is 32.6 Å². The lowest BCUT2D eigenvalue weighted by Gasteiger charge is -2.11. The first-order chi connectivity index (χ1) is 9.74. The van der Waals surface area contributed by atoms with Gasteiger partial charge in [-0.15, -0.1) is 11.6 Å². The van der Waals surface area contributed by atoms with Crippen LogP contribution in [-0.2, 0) is 22.9 Å². The molecule has 21 heavy (non-hydrogen) atoms. The maximum atomic E-state index is 11.3. The number of fused-ring (bicyclic) bond motifs is 1. The molecule has 0 saturated carbocycles. The van der Waals surface area contributed by atoms with Crippen LogP contribution in [-0.4, -0.2) is 39.8 Å². The summed E-state index contributed by atoms with van der Waals surface area (Å²) >= 11 is 6.22. The average molecular weight is 333 g/mol. The predicted molar refractivity (Wildman–Crippen MR) is 84.5 cm³/mol. The van der Waals surface area contributed by atoms with Gasteiger partial charge < -0.3 is 4.57 Å². The molecule has 0 fully saturated rings. The van der Waals surface area contributed by atoms with E-state index in [1.807, 2.05) is 30.0 Å². The second kappa shape index (κ2) is 5.96. The van der Waals surface area contributed by atoms with E-state index in [4.69, 9.17) is 11.6 Å². The maximum absolute atomic E-state index is 11.3. The number of hydrogen-bond donors (Lipinski definition) is 0. The standard InChI is InChI=1S/C13H21ClN4O2S/c1-5-18-13-11(10(3)16-18)15-12(9(2)14)17(13)7-6-8-21(4,19)20/h9H,5-8H2,1-4H3. The second-order valence-electron chi connectivity index (χ2n) is 5.29. The summed E-state index contributed by atoms with van der Waals surface area (Å²) in [5.74, 6) is 0.921. The van der Waals surface area contributed by atoms with Gasteiger partial charge in [-0.05, 0) is 27.2 Å². The fourth-order valence-corrected chi connectivity index (χ4v) is 3.29. The molecule has 8 heteroatoms. The molecule has 0 amide bonds. The monoisotopic (exact) mass is 332 g/mol. The number of halogens is 1. The molecule has 0 radical (unpaired) electrons. The highest BCUT2D eigenvalue weighted by molar-refractivity contribution is 7.90. The predicted octanol–water partition coefficient (Wildman–Crippen LogP) is 2.30. The van der Waals surface area contributed by atoms with E-state index in [1.54, 1.807) is 0 Å². The largest absolute Gasteiger partial charge is 0.312 e. The summed E-state index contributed by atoms with van der Waals surface area (Å²) in [4.78, 5) is 4.59. The molecule has 0 saturated heterocycles. The minimum absolute atomic E-state index is 0.155. The molecule has 118 valence electrons. The van der Waals surface area contributed by atoms with Crippen LogP contribution < -0.4 is 0 Å². The lowest BCUT2D eigenvalue weighted by Crippen LogP contribution is -2.12. The minimum atomic E-state index is -2.96. The van der Waals surface area contributed by atoms with E-state index < -0.39 is 9.84 Å². The molecule has 2 rings (SSSR count). The van der Waals surface area contributed by atoms with Crippen LogP contribution >= 0.6 is 11.6 Å². The molecule has 0 aliphatic carbocycles. The van der Waals surface area contributed by atoms with E-state index in [9.17, 15) is 8.42 Å². The van der Waals surface area contributed by atoms with Crippen molar-refractivity contribution in [1.82, 2.24) is 19.3 Å². The molecule has 0 aliphatic rings. The Hall–Kier alpha value is -1.08. The molecule has 2 aromatic rings. The highest BCUT2D eigenvalue weighted by Gasteiger charge is 2.20. The van der Waals surface area contributed by atoms with E-state index in [0.717, 1.165) is 29.2 Å². The molecule has 0 spiro atoms. The molecule has 0 bridgehead atoms. The summed E-state index contributed by atoms with van der Waals surface area (Å²) in [6.45, 7) is 7.11. The van der Waals surface area contributed by atoms with Crippen LogP contribution in [0.2, 0.25) is 0 Å². The van der Waals surface area contributed by atoms with Crippen molar-refractivity contribution in [1.29, 1.82) is 0 Å². The molecular weight excluding hydrogens is 312 g/mol. The van der Waals surface area contributed by atoms with E-state index in [2.05, 4.69) is 10.1 Å². The normalized spacial score (nSPS) is 14.0. The molecule has 2 aromatic heterocycles. The Morgan fingerprint density at radius 1 is 1.38 bits per heavy atom. The second-order valence-corrected chi connectivity index (χ2v) is 8.21. The number of rotatable bonds is 6. The van der Waals surface area contributed by atoms with E-state index in [-0.39, 0.29) is 11.1 Å². The van der Waals surface area contributed by atoms with Crippen LogP contribution in [0.15, 0.2) is 0 Å². The molecule has 6 nitrogen and oxygen atoms in total. The Morgan fingerprint density at radius 3 is 2.57 bits per heavy atom. The van der Waals surface area contributed by atoms with Crippen LogP contribution in [0.4, 0.5) is 0 Å². The minimum Gasteiger partial charge on any atom is -0.312 e. The first-order valence-corrected chi connectivity index (χ1v) is 9.49. The van der Waals surface area contributed by atoms with Gasteiger partial charge >= 0.3 is 0 Å². The Morgan fingerprint density at radius 2 is 2.05 bits per heavy atom. The van der Waals surface area contributed by atoms with Crippen molar-refractivity contribution in [3.63, 3.8) is 0 Å². The summed E-state index contributed by atoms with van der Waals surface area (Å²) in [5, 5.41) is 4.22. The van der Waals surface area contributed by atoms with Gasteiger partial charge in [0.25, 0.3) is 0 Å². The van der Waals surface area contributed by atoms with Gasteiger partial charge in [-0.3, -0.25) is 0 Å². The first kappa shape index (κ1) is 16.3. The third-order valence-corrected chi connectivity index (χ3v) is 4.61. The van der Waals surface area contributed by atoms with Gasteiger partial charge in [0, 0.05) is 19.3 Å². The van der Waals surface area contributed by atoms with Gasteiger partial charge in [-0.1, -0.05) is 0 Å². The quantitative estimate of drug-likeness (QED) is 0.761. The van der Waals surface area contributed by atoms with Gasteiger partial charge in [0.2, 0.25) is 0 Å². The summed E-state index contributed by atoms with van der Waals surface area (Å²) in [6.07, 6.45) is 1.79. The van der Waals surface area contributed by atoms with E-state index >= 15 is 0 Å². The summed E-state index contributed by atoms with van der Waals surface area (Å²) < 4.78 is 26.5. The fourth-order valence-electron chi connectivity index (χ4n) is 2.47. The summed E-state index contributed by atoms with van der Waals surface area (Å²) in [5.41, 5.74) is 2.64. The lowest BCUT2D eigenvalue weighted by atomic mass is 10.4. The maximum Gasteiger partial charge on any atom is 0.158 e. The number of aromatic nitrogens is 4. The van der Waals surface area contributed by atoms with Crippen molar-refractivity contribution in [3.05, 3.63) is 11.5 Å². The van der Waals surface area contributed by atoms with Crippen molar-refractivity contribution in [3.8, 4) is 0 Å². The zero-order valence-corrected chi connectivity index (χ0v) is 14.4.